The Morgan fingerprint density at radius 3 is 3.14 bits per heavy atom. The first kappa shape index (κ1) is 15.5. The lowest BCUT2D eigenvalue weighted by atomic mass is 10.1. The van der Waals surface area contributed by atoms with Gasteiger partial charge in [-0.25, -0.2) is 9.37 Å². The second kappa shape index (κ2) is 6.80. The van der Waals surface area contributed by atoms with Crippen molar-refractivity contribution in [1.82, 2.24) is 14.9 Å². The summed E-state index contributed by atoms with van der Waals surface area (Å²) in [5.41, 5.74) is 1.71. The Kier molecular flexibility index (Phi) is 4.79. The van der Waals surface area contributed by atoms with Gasteiger partial charge >= 0.3 is 0 Å². The molecule has 2 aromatic rings. The third-order valence-corrected chi connectivity index (χ3v) is 4.57. The normalized spacial score (nSPS) is 17.5. The van der Waals surface area contributed by atoms with E-state index in [2.05, 4.69) is 21.1 Å². The van der Waals surface area contributed by atoms with E-state index in [1.54, 1.807) is 12.1 Å². The molecule has 1 N–H and O–H groups in total. The van der Waals surface area contributed by atoms with Crippen LogP contribution < -0.4 is 5.32 Å². The summed E-state index contributed by atoms with van der Waals surface area (Å²) >= 11 is 6.04. The molecule has 22 heavy (non-hydrogen) atoms. The summed E-state index contributed by atoms with van der Waals surface area (Å²) in [7, 11) is 0. The van der Waals surface area contributed by atoms with Crippen LogP contribution in [0.5, 0.6) is 0 Å². The van der Waals surface area contributed by atoms with Crippen molar-refractivity contribution in [1.29, 1.82) is 0 Å². The standard InChI is InChI=1S/C17H21ClFN3/c1-12-10-22-11-13(7-8-17(22)21-12)20-9-3-4-14-15(18)5-2-6-16(14)19/h2,5-6,10,13,20H,3-4,7-9,11H2,1H3/t13-/m1/s1. The summed E-state index contributed by atoms with van der Waals surface area (Å²) in [6.07, 6.45) is 5.79. The molecule has 0 saturated carbocycles. The van der Waals surface area contributed by atoms with Crippen LogP contribution in [0.3, 0.4) is 0 Å². The maximum atomic E-state index is 13.7. The fourth-order valence-electron chi connectivity index (χ4n) is 3.10. The molecule has 118 valence electrons. The molecule has 0 fully saturated rings. The molecule has 1 atom stereocenters. The van der Waals surface area contributed by atoms with Crippen LogP contribution in [0.25, 0.3) is 0 Å². The van der Waals surface area contributed by atoms with Gasteiger partial charge in [0.1, 0.15) is 11.6 Å². The van der Waals surface area contributed by atoms with E-state index in [0.717, 1.165) is 38.0 Å². The molecular formula is C17H21ClFN3. The summed E-state index contributed by atoms with van der Waals surface area (Å²) in [6.45, 7) is 3.88. The van der Waals surface area contributed by atoms with Crippen molar-refractivity contribution in [3.63, 3.8) is 0 Å². The molecule has 5 heteroatoms. The summed E-state index contributed by atoms with van der Waals surface area (Å²) < 4.78 is 15.9. The molecule has 0 aliphatic carbocycles. The molecule has 1 aromatic heterocycles. The van der Waals surface area contributed by atoms with Crippen LogP contribution in [0.15, 0.2) is 24.4 Å². The van der Waals surface area contributed by atoms with Crippen molar-refractivity contribution in [3.8, 4) is 0 Å². The highest BCUT2D eigenvalue weighted by Crippen LogP contribution is 2.20. The van der Waals surface area contributed by atoms with E-state index < -0.39 is 0 Å². The number of imidazole rings is 1. The van der Waals surface area contributed by atoms with Crippen LogP contribution in [-0.2, 0) is 19.4 Å². The Labute approximate surface area is 135 Å². The van der Waals surface area contributed by atoms with Crippen molar-refractivity contribution in [3.05, 3.63) is 52.3 Å². The van der Waals surface area contributed by atoms with Crippen LogP contribution in [0.2, 0.25) is 5.02 Å². The molecule has 0 spiro atoms. The van der Waals surface area contributed by atoms with E-state index >= 15 is 0 Å². The highest BCUT2D eigenvalue weighted by Gasteiger charge is 2.19. The summed E-state index contributed by atoms with van der Waals surface area (Å²) in [6, 6.07) is 5.33. The molecule has 3 nitrogen and oxygen atoms in total. The summed E-state index contributed by atoms with van der Waals surface area (Å²) in [5.74, 6) is 0.984. The number of nitrogens with zero attached hydrogens (tertiary/aromatic N) is 2. The second-order valence-corrected chi connectivity index (χ2v) is 6.35. The second-order valence-electron chi connectivity index (χ2n) is 5.94. The number of aromatic nitrogens is 2. The third kappa shape index (κ3) is 3.50. The lowest BCUT2D eigenvalue weighted by Crippen LogP contribution is -2.37. The smallest absolute Gasteiger partial charge is 0.127 e. The van der Waals surface area contributed by atoms with Gasteiger partial charge in [-0.15, -0.1) is 0 Å². The van der Waals surface area contributed by atoms with Crippen LogP contribution in [0.4, 0.5) is 4.39 Å². The zero-order valence-corrected chi connectivity index (χ0v) is 13.5. The number of halogens is 2. The monoisotopic (exact) mass is 321 g/mol. The SMILES string of the molecule is Cc1cn2c(n1)CC[C@@H](NCCCc1c(F)cccc1Cl)C2. The number of rotatable bonds is 5. The lowest BCUT2D eigenvalue weighted by molar-refractivity contribution is 0.378. The Hall–Kier alpha value is -1.39. The highest BCUT2D eigenvalue weighted by atomic mass is 35.5. The van der Waals surface area contributed by atoms with E-state index in [1.165, 1.54) is 11.9 Å². The van der Waals surface area contributed by atoms with Gasteiger partial charge < -0.3 is 9.88 Å². The fraction of sp³-hybridized carbons (Fsp3) is 0.471. The first-order valence-electron chi connectivity index (χ1n) is 7.82. The number of hydrogen-bond donors (Lipinski definition) is 1. The van der Waals surface area contributed by atoms with E-state index in [0.29, 0.717) is 23.0 Å². The molecule has 0 radical (unpaired) electrons. The fourth-order valence-corrected chi connectivity index (χ4v) is 3.35. The van der Waals surface area contributed by atoms with Gasteiger partial charge in [0.15, 0.2) is 0 Å². The third-order valence-electron chi connectivity index (χ3n) is 4.21. The molecule has 0 unspecified atom stereocenters. The Balaban J connectivity index is 1.46. The Morgan fingerprint density at radius 1 is 1.45 bits per heavy atom. The summed E-state index contributed by atoms with van der Waals surface area (Å²) in [5, 5.41) is 4.09. The minimum absolute atomic E-state index is 0.205. The number of aryl methyl sites for hydroxylation is 2. The highest BCUT2D eigenvalue weighted by molar-refractivity contribution is 6.31. The number of nitrogens with one attached hydrogen (secondary N) is 1. The van der Waals surface area contributed by atoms with Crippen LogP contribution in [0.1, 0.15) is 29.9 Å². The molecular weight excluding hydrogens is 301 g/mol. The van der Waals surface area contributed by atoms with Crippen molar-refractivity contribution < 1.29 is 4.39 Å². The largest absolute Gasteiger partial charge is 0.333 e. The molecule has 1 aliphatic rings. The average Bonchev–Trinajstić information content (AvgIpc) is 2.85. The van der Waals surface area contributed by atoms with Gasteiger partial charge in [0, 0.05) is 35.8 Å². The number of fused-ring (bicyclic) bond motifs is 1. The van der Waals surface area contributed by atoms with Gasteiger partial charge in [0.05, 0.1) is 5.69 Å². The summed E-state index contributed by atoms with van der Waals surface area (Å²) in [4.78, 5) is 4.52. The number of hydrogen-bond acceptors (Lipinski definition) is 2. The maximum absolute atomic E-state index is 13.7. The Morgan fingerprint density at radius 2 is 2.32 bits per heavy atom. The van der Waals surface area contributed by atoms with Crippen molar-refractivity contribution in [2.45, 2.75) is 45.2 Å². The van der Waals surface area contributed by atoms with Crippen molar-refractivity contribution in [2.24, 2.45) is 0 Å². The minimum Gasteiger partial charge on any atom is -0.333 e. The maximum Gasteiger partial charge on any atom is 0.127 e. The Bertz CT molecular complexity index is 633. The van der Waals surface area contributed by atoms with Gasteiger partial charge in [0.25, 0.3) is 0 Å². The molecule has 1 aromatic carbocycles. The van der Waals surface area contributed by atoms with E-state index in [1.807, 2.05) is 6.92 Å². The van der Waals surface area contributed by atoms with Crippen molar-refractivity contribution in [2.75, 3.05) is 6.54 Å². The molecule has 3 rings (SSSR count). The zero-order valence-electron chi connectivity index (χ0n) is 12.8. The molecule has 2 heterocycles. The quantitative estimate of drug-likeness (QED) is 0.854. The lowest BCUT2D eigenvalue weighted by Gasteiger charge is -2.24. The van der Waals surface area contributed by atoms with E-state index in [4.69, 9.17) is 11.6 Å². The topological polar surface area (TPSA) is 29.9 Å². The predicted octanol–water partition coefficient (Wildman–Crippen LogP) is 3.52. The first-order valence-corrected chi connectivity index (χ1v) is 8.20. The average molecular weight is 322 g/mol. The van der Waals surface area contributed by atoms with Crippen molar-refractivity contribution >= 4 is 11.6 Å². The molecule has 0 amide bonds. The molecule has 0 bridgehead atoms. The van der Waals surface area contributed by atoms with E-state index in [-0.39, 0.29) is 5.82 Å². The van der Waals surface area contributed by atoms with Gasteiger partial charge in [-0.2, -0.15) is 0 Å². The number of benzene rings is 1. The minimum atomic E-state index is -0.205. The van der Waals surface area contributed by atoms with Crippen LogP contribution in [0, 0.1) is 12.7 Å². The molecule has 1 aliphatic heterocycles. The van der Waals surface area contributed by atoms with Gasteiger partial charge in [-0.05, 0) is 44.9 Å². The first-order chi connectivity index (χ1) is 10.6. The molecule has 0 saturated heterocycles. The van der Waals surface area contributed by atoms with E-state index in [9.17, 15) is 4.39 Å². The van der Waals surface area contributed by atoms with Crippen LogP contribution in [-0.4, -0.2) is 22.1 Å². The van der Waals surface area contributed by atoms with Gasteiger partial charge in [0.2, 0.25) is 0 Å². The van der Waals surface area contributed by atoms with Gasteiger partial charge in [-0.3, -0.25) is 0 Å². The zero-order chi connectivity index (χ0) is 15.5. The van der Waals surface area contributed by atoms with Gasteiger partial charge in [-0.1, -0.05) is 17.7 Å². The predicted molar refractivity (Wildman–Crippen MR) is 86.8 cm³/mol. The van der Waals surface area contributed by atoms with Crippen LogP contribution >= 0.6 is 11.6 Å².